The van der Waals surface area contributed by atoms with Crippen molar-refractivity contribution in [2.75, 3.05) is 13.7 Å². The Kier molecular flexibility index (Phi) is 5.40. The predicted molar refractivity (Wildman–Crippen MR) is 77.3 cm³/mol. The van der Waals surface area contributed by atoms with Crippen LogP contribution in [-0.2, 0) is 11.3 Å². The average Bonchev–Trinajstić information content (AvgIpc) is 2.52. The van der Waals surface area contributed by atoms with E-state index in [4.69, 9.17) is 20.5 Å². The Labute approximate surface area is 120 Å². The van der Waals surface area contributed by atoms with E-state index in [1.165, 1.54) is 12.8 Å². The molecule has 1 aliphatic rings. The number of hydrogen-bond acceptors (Lipinski definition) is 4. The number of hydrogen-bond donors (Lipinski definition) is 1. The molecule has 0 spiro atoms. The van der Waals surface area contributed by atoms with Crippen LogP contribution in [-0.4, -0.2) is 19.8 Å². The van der Waals surface area contributed by atoms with Crippen LogP contribution in [0.3, 0.4) is 0 Å². The third-order valence-electron chi connectivity index (χ3n) is 4.00. The van der Waals surface area contributed by atoms with Crippen molar-refractivity contribution in [1.82, 2.24) is 0 Å². The third-order valence-corrected chi connectivity index (χ3v) is 4.00. The van der Waals surface area contributed by atoms with Gasteiger partial charge in [-0.2, -0.15) is 5.26 Å². The summed E-state index contributed by atoms with van der Waals surface area (Å²) in [4.78, 5) is 0. The molecule has 1 saturated carbocycles. The van der Waals surface area contributed by atoms with Crippen LogP contribution >= 0.6 is 0 Å². The van der Waals surface area contributed by atoms with Gasteiger partial charge in [-0.05, 0) is 43.5 Å². The first-order valence-electron chi connectivity index (χ1n) is 7.17. The molecular formula is C16H22N2O2. The molecule has 1 aromatic rings. The number of methoxy groups -OCH3 is 1. The molecule has 0 aliphatic heterocycles. The molecule has 0 bridgehead atoms. The predicted octanol–water partition coefficient (Wildman–Crippen LogP) is 2.60. The van der Waals surface area contributed by atoms with Gasteiger partial charge in [-0.3, -0.25) is 0 Å². The molecule has 0 saturated heterocycles. The van der Waals surface area contributed by atoms with Gasteiger partial charge in [0.05, 0.1) is 31.5 Å². The molecule has 2 atom stereocenters. The van der Waals surface area contributed by atoms with E-state index in [0.717, 1.165) is 24.2 Å². The summed E-state index contributed by atoms with van der Waals surface area (Å²) < 4.78 is 11.4. The maximum atomic E-state index is 8.97. The molecule has 2 N–H and O–H groups in total. The summed E-state index contributed by atoms with van der Waals surface area (Å²) in [5, 5.41) is 8.97. The Bertz CT molecular complexity index is 482. The highest BCUT2D eigenvalue weighted by Gasteiger charge is 2.24. The van der Waals surface area contributed by atoms with Crippen LogP contribution in [0.2, 0.25) is 0 Å². The number of nitrogens with two attached hydrogens (primary N) is 1. The quantitative estimate of drug-likeness (QED) is 0.896. The second-order valence-corrected chi connectivity index (χ2v) is 5.27. The fourth-order valence-electron chi connectivity index (χ4n) is 2.82. The van der Waals surface area contributed by atoms with Gasteiger partial charge >= 0.3 is 0 Å². The lowest BCUT2D eigenvalue weighted by atomic mass is 9.86. The Morgan fingerprint density at radius 2 is 2.15 bits per heavy atom. The lowest BCUT2D eigenvalue weighted by Crippen LogP contribution is -2.33. The van der Waals surface area contributed by atoms with Crippen molar-refractivity contribution in [3.05, 3.63) is 29.3 Å². The van der Waals surface area contributed by atoms with Gasteiger partial charge in [0.1, 0.15) is 5.75 Å². The highest BCUT2D eigenvalue weighted by molar-refractivity contribution is 5.41. The molecular weight excluding hydrogens is 252 g/mol. The van der Waals surface area contributed by atoms with Crippen molar-refractivity contribution in [2.24, 2.45) is 11.7 Å². The van der Waals surface area contributed by atoms with Crippen molar-refractivity contribution in [3.63, 3.8) is 0 Å². The third kappa shape index (κ3) is 3.50. The summed E-state index contributed by atoms with van der Waals surface area (Å²) >= 11 is 0. The molecule has 0 aromatic heterocycles. The molecule has 2 rings (SSSR count). The van der Waals surface area contributed by atoms with Gasteiger partial charge in [0.15, 0.2) is 0 Å². The summed E-state index contributed by atoms with van der Waals surface area (Å²) in [6, 6.07) is 7.55. The van der Waals surface area contributed by atoms with E-state index in [1.54, 1.807) is 13.2 Å². The molecule has 0 heterocycles. The van der Waals surface area contributed by atoms with E-state index in [-0.39, 0.29) is 6.10 Å². The zero-order valence-corrected chi connectivity index (χ0v) is 12.0. The molecule has 1 fully saturated rings. The van der Waals surface area contributed by atoms with E-state index in [2.05, 4.69) is 6.07 Å². The molecule has 2 unspecified atom stereocenters. The van der Waals surface area contributed by atoms with Gasteiger partial charge in [-0.15, -0.1) is 0 Å². The fraction of sp³-hybridized carbons (Fsp3) is 0.562. The monoisotopic (exact) mass is 274 g/mol. The smallest absolute Gasteiger partial charge is 0.124 e. The van der Waals surface area contributed by atoms with Crippen molar-refractivity contribution in [2.45, 2.75) is 38.4 Å². The van der Waals surface area contributed by atoms with Crippen LogP contribution in [0.4, 0.5) is 0 Å². The summed E-state index contributed by atoms with van der Waals surface area (Å²) in [6.07, 6.45) is 4.90. The van der Waals surface area contributed by atoms with Gasteiger partial charge in [0, 0.05) is 5.56 Å². The maximum absolute atomic E-state index is 8.97. The van der Waals surface area contributed by atoms with Crippen LogP contribution in [0.1, 0.15) is 36.8 Å². The number of rotatable bonds is 5. The summed E-state index contributed by atoms with van der Waals surface area (Å²) in [5.41, 5.74) is 7.37. The Hall–Kier alpha value is -1.57. The molecule has 0 amide bonds. The summed E-state index contributed by atoms with van der Waals surface area (Å²) in [5.74, 6) is 1.22. The molecule has 1 aromatic carbocycles. The van der Waals surface area contributed by atoms with Crippen molar-refractivity contribution < 1.29 is 9.47 Å². The van der Waals surface area contributed by atoms with Crippen LogP contribution in [0.25, 0.3) is 0 Å². The lowest BCUT2D eigenvalue weighted by molar-refractivity contribution is -0.0189. The second kappa shape index (κ2) is 7.28. The Balaban J connectivity index is 2.04. The summed E-state index contributed by atoms with van der Waals surface area (Å²) in [6.45, 7) is 1.15. The maximum Gasteiger partial charge on any atom is 0.124 e. The van der Waals surface area contributed by atoms with Crippen molar-refractivity contribution in [3.8, 4) is 11.8 Å². The Morgan fingerprint density at radius 1 is 1.35 bits per heavy atom. The molecule has 108 valence electrons. The van der Waals surface area contributed by atoms with E-state index < -0.39 is 0 Å². The molecule has 1 aliphatic carbocycles. The number of ether oxygens (including phenoxy) is 2. The number of nitriles is 1. The highest BCUT2D eigenvalue weighted by Crippen LogP contribution is 2.28. The number of benzene rings is 1. The van der Waals surface area contributed by atoms with Gasteiger partial charge in [-0.25, -0.2) is 0 Å². The second-order valence-electron chi connectivity index (χ2n) is 5.27. The van der Waals surface area contributed by atoms with Crippen molar-refractivity contribution >= 4 is 0 Å². The minimum Gasteiger partial charge on any atom is -0.496 e. The number of nitrogens with zero attached hydrogens (tertiary/aromatic N) is 1. The first-order chi connectivity index (χ1) is 9.78. The van der Waals surface area contributed by atoms with Crippen LogP contribution in [0.5, 0.6) is 5.75 Å². The van der Waals surface area contributed by atoms with Crippen LogP contribution in [0, 0.1) is 17.2 Å². The zero-order valence-electron chi connectivity index (χ0n) is 12.0. The molecule has 4 heteroatoms. The fourth-order valence-corrected chi connectivity index (χ4v) is 2.82. The molecule has 4 nitrogen and oxygen atoms in total. The molecule has 0 radical (unpaired) electrons. The zero-order chi connectivity index (χ0) is 14.4. The van der Waals surface area contributed by atoms with Gasteiger partial charge in [0.2, 0.25) is 0 Å². The van der Waals surface area contributed by atoms with E-state index in [9.17, 15) is 0 Å². The molecule has 20 heavy (non-hydrogen) atoms. The Morgan fingerprint density at radius 3 is 2.85 bits per heavy atom. The minimum atomic E-state index is 0.226. The van der Waals surface area contributed by atoms with Crippen LogP contribution in [0.15, 0.2) is 18.2 Å². The first-order valence-corrected chi connectivity index (χ1v) is 7.17. The minimum absolute atomic E-state index is 0.226. The van der Waals surface area contributed by atoms with Crippen LogP contribution < -0.4 is 10.5 Å². The summed E-state index contributed by atoms with van der Waals surface area (Å²) in [7, 11) is 1.63. The van der Waals surface area contributed by atoms with E-state index in [0.29, 0.717) is 24.6 Å². The largest absolute Gasteiger partial charge is 0.496 e. The van der Waals surface area contributed by atoms with Gasteiger partial charge in [0.25, 0.3) is 0 Å². The lowest BCUT2D eigenvalue weighted by Gasteiger charge is -2.30. The standard InChI is InChI=1S/C16H22N2O2/c1-19-15-7-6-12(9-17)8-14(15)11-20-16-5-3-2-4-13(16)10-18/h6-8,13,16H,2-5,10-11,18H2,1H3. The first kappa shape index (κ1) is 14.8. The van der Waals surface area contributed by atoms with E-state index in [1.807, 2.05) is 12.1 Å². The highest BCUT2D eigenvalue weighted by atomic mass is 16.5. The van der Waals surface area contributed by atoms with Gasteiger partial charge < -0.3 is 15.2 Å². The topological polar surface area (TPSA) is 68.3 Å². The average molecular weight is 274 g/mol. The SMILES string of the molecule is COc1ccc(C#N)cc1COC1CCCCC1CN. The normalized spacial score (nSPS) is 22.2. The van der Waals surface area contributed by atoms with Crippen molar-refractivity contribution in [1.29, 1.82) is 5.26 Å². The van der Waals surface area contributed by atoms with Gasteiger partial charge in [-0.1, -0.05) is 12.8 Å². The van der Waals surface area contributed by atoms with E-state index >= 15 is 0 Å².